The zero-order valence-electron chi connectivity index (χ0n) is 12.6. The maximum atomic E-state index is 11.6. The molecule has 1 unspecified atom stereocenters. The van der Waals surface area contributed by atoms with Gasteiger partial charge in [0.15, 0.2) is 5.96 Å². The van der Waals surface area contributed by atoms with E-state index in [1.165, 1.54) is 4.90 Å². The zero-order chi connectivity index (χ0) is 16.0. The quantitative estimate of drug-likeness (QED) is 0.658. The lowest BCUT2D eigenvalue weighted by atomic mass is 10.1. The molecule has 1 atom stereocenters. The Hall–Kier alpha value is -1.46. The van der Waals surface area contributed by atoms with Crippen molar-refractivity contribution in [1.29, 1.82) is 0 Å². The molecule has 0 spiro atoms. The predicted octanol–water partition coefficient (Wildman–Crippen LogP) is 2.31. The third-order valence-electron chi connectivity index (χ3n) is 2.91. The first-order valence-corrected chi connectivity index (χ1v) is 7.23. The van der Waals surface area contributed by atoms with Gasteiger partial charge < -0.3 is 15.5 Å². The molecule has 116 valence electrons. The normalized spacial score (nSPS) is 12.8. The van der Waals surface area contributed by atoms with E-state index in [0.29, 0.717) is 16.0 Å². The summed E-state index contributed by atoms with van der Waals surface area (Å²) >= 11 is 12.1. The van der Waals surface area contributed by atoms with Crippen molar-refractivity contribution < 1.29 is 4.79 Å². The fourth-order valence-electron chi connectivity index (χ4n) is 1.65. The van der Waals surface area contributed by atoms with Crippen LogP contribution in [0, 0.1) is 0 Å². The fraction of sp³-hybridized carbons (Fsp3) is 0.429. The molecule has 5 nitrogen and oxygen atoms in total. The van der Waals surface area contributed by atoms with E-state index in [4.69, 9.17) is 23.2 Å². The number of rotatable bonds is 4. The summed E-state index contributed by atoms with van der Waals surface area (Å²) in [7, 11) is 5.05. The molecular formula is C14H20Cl2N4O. The lowest BCUT2D eigenvalue weighted by Gasteiger charge is -2.20. The summed E-state index contributed by atoms with van der Waals surface area (Å²) in [6.45, 7) is 2.13. The van der Waals surface area contributed by atoms with E-state index >= 15 is 0 Å². The molecule has 7 heteroatoms. The molecule has 1 aromatic carbocycles. The molecule has 0 fully saturated rings. The van der Waals surface area contributed by atoms with Crippen molar-refractivity contribution in [3.05, 3.63) is 33.8 Å². The highest BCUT2D eigenvalue weighted by Gasteiger charge is 2.12. The molecule has 21 heavy (non-hydrogen) atoms. The number of carbonyl (C=O) groups is 1. The monoisotopic (exact) mass is 330 g/mol. The van der Waals surface area contributed by atoms with Crippen molar-refractivity contribution in [3.8, 4) is 0 Å². The molecule has 0 heterocycles. The largest absolute Gasteiger partial charge is 0.350 e. The first-order valence-electron chi connectivity index (χ1n) is 6.47. The summed E-state index contributed by atoms with van der Waals surface area (Å²) in [6.07, 6.45) is 0. The Bertz CT molecular complexity index is 532. The molecule has 0 saturated carbocycles. The van der Waals surface area contributed by atoms with Crippen LogP contribution in [0.4, 0.5) is 0 Å². The van der Waals surface area contributed by atoms with E-state index in [9.17, 15) is 4.79 Å². The van der Waals surface area contributed by atoms with Crippen molar-refractivity contribution in [2.45, 2.75) is 13.0 Å². The molecule has 0 aliphatic rings. The maximum Gasteiger partial charge on any atom is 0.241 e. The topological polar surface area (TPSA) is 56.7 Å². The van der Waals surface area contributed by atoms with Crippen LogP contribution < -0.4 is 10.6 Å². The molecule has 0 bridgehead atoms. The van der Waals surface area contributed by atoms with Crippen LogP contribution in [0.5, 0.6) is 0 Å². The number of benzene rings is 1. The van der Waals surface area contributed by atoms with Gasteiger partial charge in [-0.25, -0.2) is 0 Å². The lowest BCUT2D eigenvalue weighted by Crippen LogP contribution is -2.43. The molecule has 1 rings (SSSR count). The lowest BCUT2D eigenvalue weighted by molar-refractivity contribution is -0.127. The third kappa shape index (κ3) is 5.44. The number of amides is 1. The van der Waals surface area contributed by atoms with Gasteiger partial charge in [0.05, 0.1) is 12.6 Å². The second-order valence-corrected chi connectivity index (χ2v) is 5.59. The Morgan fingerprint density at radius 1 is 1.38 bits per heavy atom. The maximum absolute atomic E-state index is 11.6. The van der Waals surface area contributed by atoms with Crippen LogP contribution in [-0.2, 0) is 4.79 Å². The third-order valence-corrected chi connectivity index (χ3v) is 3.47. The van der Waals surface area contributed by atoms with E-state index < -0.39 is 0 Å². The highest BCUT2D eigenvalue weighted by molar-refractivity contribution is 6.35. The molecule has 0 radical (unpaired) electrons. The summed E-state index contributed by atoms with van der Waals surface area (Å²) in [5.41, 5.74) is 0.906. The van der Waals surface area contributed by atoms with E-state index in [-0.39, 0.29) is 18.5 Å². The van der Waals surface area contributed by atoms with Gasteiger partial charge in [0.1, 0.15) is 0 Å². The van der Waals surface area contributed by atoms with Crippen molar-refractivity contribution >= 4 is 35.1 Å². The smallest absolute Gasteiger partial charge is 0.241 e. The number of hydrogen-bond donors (Lipinski definition) is 2. The number of aliphatic imine (C=N–C) groups is 1. The summed E-state index contributed by atoms with van der Waals surface area (Å²) in [6, 6.07) is 5.27. The van der Waals surface area contributed by atoms with Crippen LogP contribution in [0.1, 0.15) is 18.5 Å². The minimum absolute atomic E-state index is 0.0323. The Morgan fingerprint density at radius 2 is 2.05 bits per heavy atom. The number of nitrogens with one attached hydrogen (secondary N) is 2. The number of guanidine groups is 1. The molecule has 0 aliphatic heterocycles. The standard InChI is InChI=1S/C14H20Cl2N4O/c1-9(11-6-5-10(15)7-12(11)16)19-14(17-2)18-8-13(21)20(3)4/h5-7,9H,8H2,1-4H3,(H2,17,18,19). The number of halogens is 2. The zero-order valence-corrected chi connectivity index (χ0v) is 14.1. The molecular weight excluding hydrogens is 311 g/mol. The van der Waals surface area contributed by atoms with Gasteiger partial charge >= 0.3 is 0 Å². The van der Waals surface area contributed by atoms with Crippen LogP contribution in [0.25, 0.3) is 0 Å². The second kappa shape index (κ2) is 8.10. The number of carbonyl (C=O) groups excluding carboxylic acids is 1. The Morgan fingerprint density at radius 3 is 2.57 bits per heavy atom. The van der Waals surface area contributed by atoms with Gasteiger partial charge in [-0.2, -0.15) is 0 Å². The van der Waals surface area contributed by atoms with Crippen molar-refractivity contribution in [2.75, 3.05) is 27.7 Å². The first kappa shape index (κ1) is 17.6. The van der Waals surface area contributed by atoms with Gasteiger partial charge in [0.2, 0.25) is 5.91 Å². The second-order valence-electron chi connectivity index (χ2n) is 4.75. The summed E-state index contributed by atoms with van der Waals surface area (Å²) in [4.78, 5) is 17.2. The first-order chi connectivity index (χ1) is 9.85. The van der Waals surface area contributed by atoms with Crippen LogP contribution in [0.2, 0.25) is 10.0 Å². The van der Waals surface area contributed by atoms with E-state index in [1.807, 2.05) is 13.0 Å². The summed E-state index contributed by atoms with van der Waals surface area (Å²) in [5.74, 6) is 0.499. The Labute approximate surface area is 135 Å². The highest BCUT2D eigenvalue weighted by Crippen LogP contribution is 2.25. The van der Waals surface area contributed by atoms with Crippen molar-refractivity contribution in [3.63, 3.8) is 0 Å². The molecule has 0 aliphatic carbocycles. The van der Waals surface area contributed by atoms with E-state index in [1.54, 1.807) is 33.3 Å². The van der Waals surface area contributed by atoms with Crippen LogP contribution in [0.15, 0.2) is 23.2 Å². The average molecular weight is 331 g/mol. The van der Waals surface area contributed by atoms with E-state index in [0.717, 1.165) is 5.56 Å². The SMILES string of the molecule is CN=C(NCC(=O)N(C)C)NC(C)c1ccc(Cl)cc1Cl. The van der Waals surface area contributed by atoms with Gasteiger partial charge in [0, 0.05) is 31.2 Å². The molecule has 0 aromatic heterocycles. The molecule has 1 amide bonds. The predicted molar refractivity (Wildman–Crippen MR) is 88.1 cm³/mol. The fourth-order valence-corrected chi connectivity index (χ4v) is 2.22. The summed E-state index contributed by atoms with van der Waals surface area (Å²) in [5, 5.41) is 7.32. The minimum Gasteiger partial charge on any atom is -0.350 e. The van der Waals surface area contributed by atoms with Gasteiger partial charge in [0.25, 0.3) is 0 Å². The number of nitrogens with zero attached hydrogens (tertiary/aromatic N) is 2. The number of hydrogen-bond acceptors (Lipinski definition) is 2. The molecule has 0 saturated heterocycles. The van der Waals surface area contributed by atoms with Gasteiger partial charge in [-0.1, -0.05) is 29.3 Å². The van der Waals surface area contributed by atoms with Crippen LogP contribution >= 0.6 is 23.2 Å². The minimum atomic E-state index is -0.0737. The van der Waals surface area contributed by atoms with Crippen molar-refractivity contribution in [1.82, 2.24) is 15.5 Å². The Kier molecular flexibility index (Phi) is 6.78. The van der Waals surface area contributed by atoms with Crippen LogP contribution in [0.3, 0.4) is 0 Å². The highest BCUT2D eigenvalue weighted by atomic mass is 35.5. The van der Waals surface area contributed by atoms with E-state index in [2.05, 4.69) is 15.6 Å². The van der Waals surface area contributed by atoms with Crippen molar-refractivity contribution in [2.24, 2.45) is 4.99 Å². The Balaban J connectivity index is 2.67. The van der Waals surface area contributed by atoms with Gasteiger partial charge in [-0.05, 0) is 24.6 Å². The summed E-state index contributed by atoms with van der Waals surface area (Å²) < 4.78 is 0. The molecule has 2 N–H and O–H groups in total. The van der Waals surface area contributed by atoms with Gasteiger partial charge in [-0.15, -0.1) is 0 Å². The van der Waals surface area contributed by atoms with Gasteiger partial charge in [-0.3, -0.25) is 9.79 Å². The number of likely N-dealkylation sites (N-methyl/N-ethyl adjacent to an activating group) is 1. The van der Waals surface area contributed by atoms with Crippen LogP contribution in [-0.4, -0.2) is 44.5 Å². The molecule has 1 aromatic rings. The average Bonchev–Trinajstić information content (AvgIpc) is 2.42.